The molecule has 0 aliphatic rings. The SMILES string of the molecule is Cc1nc(NCc2ccco2)sc1C(=O)NCC(C)C. The molecule has 0 spiro atoms. The van der Waals surface area contributed by atoms with Crippen LogP contribution in [0.1, 0.15) is 35.0 Å². The number of carbonyl (C=O) groups is 1. The lowest BCUT2D eigenvalue weighted by atomic mass is 10.2. The van der Waals surface area contributed by atoms with Crippen molar-refractivity contribution in [3.05, 3.63) is 34.7 Å². The molecular formula is C14H19N3O2S. The lowest BCUT2D eigenvalue weighted by Gasteiger charge is -2.05. The van der Waals surface area contributed by atoms with Crippen molar-refractivity contribution < 1.29 is 9.21 Å². The van der Waals surface area contributed by atoms with Gasteiger partial charge < -0.3 is 15.1 Å². The quantitative estimate of drug-likeness (QED) is 0.859. The van der Waals surface area contributed by atoms with Gasteiger partial charge in [-0.1, -0.05) is 25.2 Å². The molecule has 0 fully saturated rings. The molecule has 0 aliphatic heterocycles. The molecule has 2 aromatic heterocycles. The van der Waals surface area contributed by atoms with Gasteiger partial charge in [0.05, 0.1) is 18.5 Å². The van der Waals surface area contributed by atoms with Crippen LogP contribution in [-0.4, -0.2) is 17.4 Å². The molecule has 0 saturated heterocycles. The Balaban J connectivity index is 1.96. The lowest BCUT2D eigenvalue weighted by Crippen LogP contribution is -2.27. The number of nitrogens with zero attached hydrogens (tertiary/aromatic N) is 1. The van der Waals surface area contributed by atoms with Crippen molar-refractivity contribution in [3.8, 4) is 0 Å². The monoisotopic (exact) mass is 293 g/mol. The van der Waals surface area contributed by atoms with Crippen LogP contribution in [0.25, 0.3) is 0 Å². The zero-order valence-corrected chi connectivity index (χ0v) is 12.7. The van der Waals surface area contributed by atoms with Crippen LogP contribution < -0.4 is 10.6 Å². The van der Waals surface area contributed by atoms with Crippen LogP contribution >= 0.6 is 11.3 Å². The molecule has 2 aromatic rings. The van der Waals surface area contributed by atoms with Crippen molar-refractivity contribution >= 4 is 22.4 Å². The third-order valence-corrected chi connectivity index (χ3v) is 3.78. The Hall–Kier alpha value is -1.82. The summed E-state index contributed by atoms with van der Waals surface area (Å²) in [6.45, 7) is 7.21. The van der Waals surface area contributed by atoms with Crippen LogP contribution in [0, 0.1) is 12.8 Å². The highest BCUT2D eigenvalue weighted by Crippen LogP contribution is 2.23. The predicted molar refractivity (Wildman–Crippen MR) is 80.1 cm³/mol. The van der Waals surface area contributed by atoms with Gasteiger partial charge in [0, 0.05) is 6.54 Å². The smallest absolute Gasteiger partial charge is 0.263 e. The Morgan fingerprint density at radius 3 is 2.95 bits per heavy atom. The van der Waals surface area contributed by atoms with Gasteiger partial charge in [-0.25, -0.2) is 4.98 Å². The lowest BCUT2D eigenvalue weighted by molar-refractivity contribution is 0.0952. The molecular weight excluding hydrogens is 274 g/mol. The summed E-state index contributed by atoms with van der Waals surface area (Å²) in [6.07, 6.45) is 1.63. The van der Waals surface area contributed by atoms with Gasteiger partial charge in [-0.05, 0) is 25.0 Å². The van der Waals surface area contributed by atoms with E-state index < -0.39 is 0 Å². The second-order valence-electron chi connectivity index (χ2n) is 4.97. The Morgan fingerprint density at radius 2 is 2.30 bits per heavy atom. The summed E-state index contributed by atoms with van der Waals surface area (Å²) in [5, 5.41) is 6.80. The van der Waals surface area contributed by atoms with E-state index >= 15 is 0 Å². The molecule has 1 amide bonds. The van der Waals surface area contributed by atoms with Gasteiger partial charge >= 0.3 is 0 Å². The van der Waals surface area contributed by atoms with Crippen molar-refractivity contribution in [2.75, 3.05) is 11.9 Å². The van der Waals surface area contributed by atoms with E-state index in [-0.39, 0.29) is 5.91 Å². The number of hydrogen-bond donors (Lipinski definition) is 2. The number of aryl methyl sites for hydroxylation is 1. The molecule has 108 valence electrons. The number of amides is 1. The Morgan fingerprint density at radius 1 is 1.50 bits per heavy atom. The first kappa shape index (κ1) is 14.6. The summed E-state index contributed by atoms with van der Waals surface area (Å²) < 4.78 is 5.24. The highest BCUT2D eigenvalue weighted by molar-refractivity contribution is 7.17. The fraction of sp³-hybridized carbons (Fsp3) is 0.429. The maximum atomic E-state index is 12.0. The molecule has 20 heavy (non-hydrogen) atoms. The Labute approximate surface area is 122 Å². The number of furan rings is 1. The molecule has 2 N–H and O–H groups in total. The average Bonchev–Trinajstić information content (AvgIpc) is 3.02. The highest BCUT2D eigenvalue weighted by Gasteiger charge is 2.15. The largest absolute Gasteiger partial charge is 0.467 e. The van der Waals surface area contributed by atoms with E-state index in [1.165, 1.54) is 11.3 Å². The number of nitrogens with one attached hydrogen (secondary N) is 2. The van der Waals surface area contributed by atoms with Crippen LogP contribution in [0.15, 0.2) is 22.8 Å². The molecule has 0 saturated carbocycles. The molecule has 0 unspecified atom stereocenters. The second-order valence-corrected chi connectivity index (χ2v) is 5.97. The minimum Gasteiger partial charge on any atom is -0.467 e. The first-order chi connectivity index (χ1) is 9.56. The van der Waals surface area contributed by atoms with Crippen LogP contribution in [0.5, 0.6) is 0 Å². The normalized spacial score (nSPS) is 10.8. The molecule has 2 rings (SSSR count). The zero-order chi connectivity index (χ0) is 14.5. The standard InChI is InChI=1S/C14H19N3O2S/c1-9(2)7-15-13(18)12-10(3)17-14(20-12)16-8-11-5-4-6-19-11/h4-6,9H,7-8H2,1-3H3,(H,15,18)(H,16,17). The molecule has 0 atom stereocenters. The number of thiazole rings is 1. The van der Waals surface area contributed by atoms with E-state index in [1.807, 2.05) is 19.1 Å². The fourth-order valence-corrected chi connectivity index (χ4v) is 2.51. The van der Waals surface area contributed by atoms with E-state index in [2.05, 4.69) is 29.5 Å². The first-order valence-corrected chi connectivity index (χ1v) is 7.39. The van der Waals surface area contributed by atoms with E-state index in [4.69, 9.17) is 4.42 Å². The Kier molecular flexibility index (Phi) is 4.79. The van der Waals surface area contributed by atoms with Crippen LogP contribution in [0.2, 0.25) is 0 Å². The summed E-state index contributed by atoms with van der Waals surface area (Å²) in [4.78, 5) is 17.1. The van der Waals surface area contributed by atoms with E-state index in [0.29, 0.717) is 23.9 Å². The molecule has 0 radical (unpaired) electrons. The summed E-state index contributed by atoms with van der Waals surface area (Å²) in [6, 6.07) is 3.73. The topological polar surface area (TPSA) is 67.2 Å². The van der Waals surface area contributed by atoms with Crippen molar-refractivity contribution in [1.29, 1.82) is 0 Å². The third kappa shape index (κ3) is 3.84. The van der Waals surface area contributed by atoms with Crippen molar-refractivity contribution in [2.24, 2.45) is 5.92 Å². The summed E-state index contributed by atoms with van der Waals surface area (Å²) in [7, 11) is 0. The predicted octanol–water partition coefficient (Wildman–Crippen LogP) is 3.04. The zero-order valence-electron chi connectivity index (χ0n) is 11.9. The third-order valence-electron chi connectivity index (χ3n) is 2.67. The number of anilines is 1. The van der Waals surface area contributed by atoms with Gasteiger partial charge in [-0.3, -0.25) is 4.79 Å². The molecule has 2 heterocycles. The highest BCUT2D eigenvalue weighted by atomic mass is 32.1. The van der Waals surface area contributed by atoms with Gasteiger partial charge in [0.15, 0.2) is 5.13 Å². The van der Waals surface area contributed by atoms with Gasteiger partial charge in [-0.15, -0.1) is 0 Å². The summed E-state index contributed by atoms with van der Waals surface area (Å²) >= 11 is 1.37. The van der Waals surface area contributed by atoms with E-state index in [9.17, 15) is 4.79 Å². The van der Waals surface area contributed by atoms with Crippen LogP contribution in [0.4, 0.5) is 5.13 Å². The summed E-state index contributed by atoms with van der Waals surface area (Å²) in [5.41, 5.74) is 0.748. The van der Waals surface area contributed by atoms with Gasteiger partial charge in [0.1, 0.15) is 10.6 Å². The molecule has 6 heteroatoms. The molecule has 0 aliphatic carbocycles. The molecule has 0 aromatic carbocycles. The van der Waals surface area contributed by atoms with Crippen molar-refractivity contribution in [2.45, 2.75) is 27.3 Å². The minimum absolute atomic E-state index is 0.0558. The first-order valence-electron chi connectivity index (χ1n) is 6.58. The average molecular weight is 293 g/mol. The number of hydrogen-bond acceptors (Lipinski definition) is 5. The van der Waals surface area contributed by atoms with Crippen LogP contribution in [0.3, 0.4) is 0 Å². The number of aromatic nitrogens is 1. The van der Waals surface area contributed by atoms with Gasteiger partial charge in [-0.2, -0.15) is 0 Å². The fourth-order valence-electron chi connectivity index (χ4n) is 1.64. The van der Waals surface area contributed by atoms with Crippen molar-refractivity contribution in [3.63, 3.8) is 0 Å². The minimum atomic E-state index is -0.0558. The Bertz CT molecular complexity index is 561. The number of rotatable bonds is 6. The van der Waals surface area contributed by atoms with Crippen molar-refractivity contribution in [1.82, 2.24) is 10.3 Å². The summed E-state index contributed by atoms with van der Waals surface area (Å²) in [5.74, 6) is 1.21. The van der Waals surface area contributed by atoms with Gasteiger partial charge in [0.25, 0.3) is 5.91 Å². The molecule has 5 nitrogen and oxygen atoms in total. The van der Waals surface area contributed by atoms with E-state index in [0.717, 1.165) is 16.6 Å². The maximum absolute atomic E-state index is 12.0. The molecule has 0 bridgehead atoms. The van der Waals surface area contributed by atoms with Crippen LogP contribution in [-0.2, 0) is 6.54 Å². The number of carbonyl (C=O) groups excluding carboxylic acids is 1. The second kappa shape index (κ2) is 6.56. The van der Waals surface area contributed by atoms with Gasteiger partial charge in [0.2, 0.25) is 0 Å². The maximum Gasteiger partial charge on any atom is 0.263 e. The van der Waals surface area contributed by atoms with E-state index in [1.54, 1.807) is 6.26 Å².